The Balaban J connectivity index is 2.62. The van der Waals surface area contributed by atoms with Gasteiger partial charge in [-0.15, -0.1) is 0 Å². The van der Waals surface area contributed by atoms with Crippen LogP contribution >= 0.6 is 0 Å². The molecule has 1 atom stereocenters. The summed E-state index contributed by atoms with van der Waals surface area (Å²) in [7, 11) is 0. The summed E-state index contributed by atoms with van der Waals surface area (Å²) in [6, 6.07) is 0.483. The first-order valence-electron chi connectivity index (χ1n) is 5.30. The van der Waals surface area contributed by atoms with E-state index < -0.39 is 0 Å². The van der Waals surface area contributed by atoms with Crippen LogP contribution in [0.25, 0.3) is 0 Å². The van der Waals surface area contributed by atoms with Gasteiger partial charge in [-0.2, -0.15) is 0 Å². The van der Waals surface area contributed by atoms with E-state index in [9.17, 15) is 0 Å². The number of rotatable bonds is 5. The number of oxazole rings is 1. The number of aromatic nitrogens is 1. The van der Waals surface area contributed by atoms with E-state index in [1.807, 2.05) is 0 Å². The lowest BCUT2D eigenvalue weighted by Crippen LogP contribution is -2.22. The maximum atomic E-state index is 5.40. The monoisotopic (exact) mass is 196 g/mol. The van der Waals surface area contributed by atoms with E-state index in [4.69, 9.17) is 4.42 Å². The van der Waals surface area contributed by atoms with E-state index in [1.165, 1.54) is 0 Å². The highest BCUT2D eigenvalue weighted by Gasteiger charge is 2.13. The summed E-state index contributed by atoms with van der Waals surface area (Å²) in [4.78, 5) is 4.23. The summed E-state index contributed by atoms with van der Waals surface area (Å²) in [6.45, 7) is 9.38. The molecule has 0 saturated carbocycles. The quantitative estimate of drug-likeness (QED) is 0.786. The zero-order valence-corrected chi connectivity index (χ0v) is 9.50. The molecule has 0 aromatic carbocycles. The second-order valence-corrected chi connectivity index (χ2v) is 4.01. The first-order valence-corrected chi connectivity index (χ1v) is 5.30. The van der Waals surface area contributed by atoms with Crippen LogP contribution in [0.15, 0.2) is 10.8 Å². The Morgan fingerprint density at radius 1 is 1.43 bits per heavy atom. The van der Waals surface area contributed by atoms with Gasteiger partial charge in [-0.3, -0.25) is 0 Å². The molecule has 0 aliphatic carbocycles. The van der Waals surface area contributed by atoms with Gasteiger partial charge in [0.2, 0.25) is 0 Å². The van der Waals surface area contributed by atoms with Crippen molar-refractivity contribution in [2.75, 3.05) is 0 Å². The summed E-state index contributed by atoms with van der Waals surface area (Å²) in [5.74, 6) is 1.49. The van der Waals surface area contributed by atoms with E-state index >= 15 is 0 Å². The molecule has 14 heavy (non-hydrogen) atoms. The molecule has 0 saturated heterocycles. The molecule has 0 aliphatic rings. The van der Waals surface area contributed by atoms with Crippen LogP contribution in [-0.4, -0.2) is 11.0 Å². The maximum absolute atomic E-state index is 5.40. The molecule has 0 aliphatic heterocycles. The van der Waals surface area contributed by atoms with Crippen molar-refractivity contribution in [1.29, 1.82) is 0 Å². The molecule has 1 rings (SSSR count). The van der Waals surface area contributed by atoms with Crippen LogP contribution < -0.4 is 5.32 Å². The van der Waals surface area contributed by atoms with Gasteiger partial charge in [0.25, 0.3) is 0 Å². The maximum Gasteiger partial charge on any atom is 0.181 e. The second kappa shape index (κ2) is 5.15. The lowest BCUT2D eigenvalue weighted by atomic mass is 10.0. The van der Waals surface area contributed by atoms with E-state index in [2.05, 4.69) is 38.0 Å². The van der Waals surface area contributed by atoms with Crippen LogP contribution in [0, 0.1) is 0 Å². The fraction of sp³-hybridized carbons (Fsp3) is 0.727. The van der Waals surface area contributed by atoms with Crippen molar-refractivity contribution in [3.8, 4) is 0 Å². The minimum Gasteiger partial charge on any atom is -0.448 e. The molecule has 0 fully saturated rings. The van der Waals surface area contributed by atoms with E-state index in [0.29, 0.717) is 12.0 Å². The third-order valence-corrected chi connectivity index (χ3v) is 2.41. The Morgan fingerprint density at radius 2 is 2.14 bits per heavy atom. The average Bonchev–Trinajstić information content (AvgIpc) is 2.61. The minimum atomic E-state index is 0.460. The van der Waals surface area contributed by atoms with E-state index in [0.717, 1.165) is 24.4 Å². The van der Waals surface area contributed by atoms with Gasteiger partial charge in [-0.25, -0.2) is 4.98 Å². The van der Waals surface area contributed by atoms with Gasteiger partial charge in [0.1, 0.15) is 5.76 Å². The molecule has 0 radical (unpaired) electrons. The van der Waals surface area contributed by atoms with Crippen molar-refractivity contribution < 1.29 is 4.42 Å². The molecule has 80 valence electrons. The number of nitrogens with zero attached hydrogens (tertiary/aromatic N) is 1. The minimum absolute atomic E-state index is 0.460. The van der Waals surface area contributed by atoms with Crippen LogP contribution in [0.4, 0.5) is 0 Å². The largest absolute Gasteiger partial charge is 0.448 e. The molecule has 3 nitrogen and oxygen atoms in total. The molecule has 0 amide bonds. The van der Waals surface area contributed by atoms with Gasteiger partial charge in [0.15, 0.2) is 6.39 Å². The number of hydrogen-bond donors (Lipinski definition) is 1. The normalized spacial score (nSPS) is 13.5. The van der Waals surface area contributed by atoms with Crippen molar-refractivity contribution in [2.45, 2.75) is 52.6 Å². The Morgan fingerprint density at radius 3 is 2.71 bits per heavy atom. The first-order chi connectivity index (χ1) is 6.65. The third-order valence-electron chi connectivity index (χ3n) is 2.41. The van der Waals surface area contributed by atoms with Gasteiger partial charge in [0, 0.05) is 18.5 Å². The Hall–Kier alpha value is -0.830. The number of nitrogens with one attached hydrogen (secondary N) is 1. The van der Waals surface area contributed by atoms with Crippen LogP contribution in [0.3, 0.4) is 0 Å². The van der Waals surface area contributed by atoms with Gasteiger partial charge in [-0.1, -0.05) is 27.7 Å². The SMILES string of the molecule is CCC(C)c1ocnc1CNC(C)C. The van der Waals surface area contributed by atoms with Crippen LogP contribution in [-0.2, 0) is 6.54 Å². The van der Waals surface area contributed by atoms with Gasteiger partial charge in [-0.05, 0) is 6.42 Å². The molecule has 1 aromatic heterocycles. The fourth-order valence-corrected chi connectivity index (χ4v) is 1.30. The zero-order chi connectivity index (χ0) is 10.6. The molecule has 1 aromatic rings. The summed E-state index contributed by atoms with van der Waals surface area (Å²) >= 11 is 0. The molecule has 3 heteroatoms. The zero-order valence-electron chi connectivity index (χ0n) is 9.50. The standard InChI is InChI=1S/C11H20N2O/c1-5-9(4)11-10(13-7-14-11)6-12-8(2)3/h7-9,12H,5-6H2,1-4H3. The van der Waals surface area contributed by atoms with Crippen molar-refractivity contribution in [2.24, 2.45) is 0 Å². The Kier molecular flexibility index (Phi) is 4.14. The predicted molar refractivity (Wildman–Crippen MR) is 57.2 cm³/mol. The van der Waals surface area contributed by atoms with Crippen molar-refractivity contribution in [1.82, 2.24) is 10.3 Å². The van der Waals surface area contributed by atoms with Crippen molar-refractivity contribution >= 4 is 0 Å². The molecule has 1 N–H and O–H groups in total. The fourth-order valence-electron chi connectivity index (χ4n) is 1.30. The molecular weight excluding hydrogens is 176 g/mol. The van der Waals surface area contributed by atoms with Gasteiger partial charge < -0.3 is 9.73 Å². The highest BCUT2D eigenvalue weighted by molar-refractivity contribution is 5.11. The topological polar surface area (TPSA) is 38.1 Å². The predicted octanol–water partition coefficient (Wildman–Crippen LogP) is 2.69. The molecule has 1 heterocycles. The summed E-state index contributed by atoms with van der Waals surface area (Å²) in [5.41, 5.74) is 1.05. The average molecular weight is 196 g/mol. The smallest absolute Gasteiger partial charge is 0.181 e. The first kappa shape index (κ1) is 11.2. The lowest BCUT2D eigenvalue weighted by Gasteiger charge is -2.09. The highest BCUT2D eigenvalue weighted by atomic mass is 16.3. The van der Waals surface area contributed by atoms with Crippen molar-refractivity contribution in [3.05, 3.63) is 17.8 Å². The summed E-state index contributed by atoms with van der Waals surface area (Å²) in [5, 5.41) is 3.34. The lowest BCUT2D eigenvalue weighted by molar-refractivity contribution is 0.457. The van der Waals surface area contributed by atoms with E-state index in [-0.39, 0.29) is 0 Å². The van der Waals surface area contributed by atoms with Gasteiger partial charge >= 0.3 is 0 Å². The molecule has 0 bridgehead atoms. The van der Waals surface area contributed by atoms with Crippen LogP contribution in [0.1, 0.15) is 51.5 Å². The molecular formula is C11H20N2O. The number of hydrogen-bond acceptors (Lipinski definition) is 3. The van der Waals surface area contributed by atoms with Crippen LogP contribution in [0.2, 0.25) is 0 Å². The summed E-state index contributed by atoms with van der Waals surface area (Å²) in [6.07, 6.45) is 2.63. The molecule has 0 spiro atoms. The highest BCUT2D eigenvalue weighted by Crippen LogP contribution is 2.21. The summed E-state index contributed by atoms with van der Waals surface area (Å²) < 4.78 is 5.40. The molecule has 1 unspecified atom stereocenters. The van der Waals surface area contributed by atoms with Crippen LogP contribution in [0.5, 0.6) is 0 Å². The second-order valence-electron chi connectivity index (χ2n) is 4.01. The Labute approximate surface area is 85.9 Å². The Bertz CT molecular complexity index is 268. The van der Waals surface area contributed by atoms with E-state index in [1.54, 1.807) is 6.39 Å². The van der Waals surface area contributed by atoms with Gasteiger partial charge in [0.05, 0.1) is 5.69 Å². The van der Waals surface area contributed by atoms with Crippen molar-refractivity contribution in [3.63, 3.8) is 0 Å². The third kappa shape index (κ3) is 2.84.